The Hall–Kier alpha value is -2.65. The molecule has 2 amide bonds. The van der Waals surface area contributed by atoms with Gasteiger partial charge in [-0.25, -0.2) is 8.42 Å². The van der Waals surface area contributed by atoms with Crippen molar-refractivity contribution in [2.24, 2.45) is 5.92 Å². The highest BCUT2D eigenvalue weighted by Gasteiger charge is 2.33. The number of hydrogen-bond acceptors (Lipinski definition) is 5. The van der Waals surface area contributed by atoms with Crippen LogP contribution < -0.4 is 10.2 Å². The number of carbonyl (C=O) groups is 2. The minimum absolute atomic E-state index is 0.0379. The summed E-state index contributed by atoms with van der Waals surface area (Å²) in [7, 11) is -3.65. The molecule has 0 aliphatic carbocycles. The number of piperidine rings is 1. The quantitative estimate of drug-likeness (QED) is 0.741. The summed E-state index contributed by atoms with van der Waals surface area (Å²) in [6.45, 7) is 4.97. The number of nitrogens with one attached hydrogen (secondary N) is 1. The van der Waals surface area contributed by atoms with Crippen molar-refractivity contribution in [2.45, 2.75) is 51.0 Å². The summed E-state index contributed by atoms with van der Waals surface area (Å²) in [5.74, 6) is 1.17. The van der Waals surface area contributed by atoms with E-state index in [0.717, 1.165) is 29.9 Å². The Morgan fingerprint density at radius 2 is 1.88 bits per heavy atom. The van der Waals surface area contributed by atoms with Gasteiger partial charge in [-0.05, 0) is 68.5 Å². The molecule has 4 rings (SSSR count). The number of fused-ring (bicyclic) bond motifs is 1. The molecule has 2 aliphatic heterocycles. The molecule has 9 heteroatoms. The largest absolute Gasteiger partial charge is 0.465 e. The van der Waals surface area contributed by atoms with Gasteiger partial charge >= 0.3 is 0 Å². The Labute approximate surface area is 188 Å². The number of amides is 2. The minimum atomic E-state index is -3.65. The Kier molecular flexibility index (Phi) is 6.39. The van der Waals surface area contributed by atoms with E-state index in [1.54, 1.807) is 23.1 Å². The maximum atomic E-state index is 13.2. The van der Waals surface area contributed by atoms with Crippen LogP contribution in [-0.2, 0) is 32.6 Å². The molecule has 0 bridgehead atoms. The summed E-state index contributed by atoms with van der Waals surface area (Å²) in [5.41, 5.74) is 1.68. The molecular formula is C23H29N3O5S. The lowest BCUT2D eigenvalue weighted by Crippen LogP contribution is -2.43. The molecule has 3 heterocycles. The van der Waals surface area contributed by atoms with Crippen LogP contribution in [0.2, 0.25) is 0 Å². The second-order valence-electron chi connectivity index (χ2n) is 8.47. The van der Waals surface area contributed by atoms with Crippen LogP contribution in [0.25, 0.3) is 0 Å². The van der Waals surface area contributed by atoms with E-state index in [4.69, 9.17) is 4.42 Å². The van der Waals surface area contributed by atoms with Crippen molar-refractivity contribution in [3.05, 3.63) is 47.4 Å². The van der Waals surface area contributed by atoms with Crippen LogP contribution in [0.1, 0.15) is 43.3 Å². The van der Waals surface area contributed by atoms with Gasteiger partial charge in [0.15, 0.2) is 0 Å². The van der Waals surface area contributed by atoms with Gasteiger partial charge in [-0.2, -0.15) is 4.31 Å². The molecule has 32 heavy (non-hydrogen) atoms. The van der Waals surface area contributed by atoms with E-state index in [9.17, 15) is 18.0 Å². The number of nitrogens with zero attached hydrogens (tertiary/aromatic N) is 2. The van der Waals surface area contributed by atoms with Crippen LogP contribution in [-0.4, -0.2) is 44.2 Å². The van der Waals surface area contributed by atoms with Gasteiger partial charge in [-0.1, -0.05) is 0 Å². The highest BCUT2D eigenvalue weighted by atomic mass is 32.2. The van der Waals surface area contributed by atoms with Crippen LogP contribution in [0, 0.1) is 12.8 Å². The fraction of sp³-hybridized carbons (Fsp3) is 0.478. The number of benzene rings is 1. The van der Waals surface area contributed by atoms with Crippen molar-refractivity contribution >= 4 is 27.5 Å². The molecule has 1 N–H and O–H groups in total. The fourth-order valence-corrected chi connectivity index (χ4v) is 5.99. The average molecular weight is 460 g/mol. The highest BCUT2D eigenvalue weighted by molar-refractivity contribution is 7.89. The van der Waals surface area contributed by atoms with Gasteiger partial charge in [0.1, 0.15) is 11.5 Å². The maximum absolute atomic E-state index is 13.2. The lowest BCUT2D eigenvalue weighted by Gasteiger charge is -2.32. The van der Waals surface area contributed by atoms with Crippen LogP contribution in [0.15, 0.2) is 39.6 Å². The van der Waals surface area contributed by atoms with E-state index in [1.807, 2.05) is 19.1 Å². The van der Waals surface area contributed by atoms with E-state index in [-0.39, 0.29) is 22.6 Å². The lowest BCUT2D eigenvalue weighted by molar-refractivity contribution is -0.126. The molecule has 0 radical (unpaired) electrons. The summed E-state index contributed by atoms with van der Waals surface area (Å²) >= 11 is 0. The maximum Gasteiger partial charge on any atom is 0.243 e. The van der Waals surface area contributed by atoms with E-state index in [1.165, 1.54) is 11.2 Å². The zero-order valence-corrected chi connectivity index (χ0v) is 19.3. The first kappa shape index (κ1) is 22.5. The molecule has 8 nitrogen and oxygen atoms in total. The summed E-state index contributed by atoms with van der Waals surface area (Å²) in [5, 5.41) is 2.88. The number of anilines is 1. The van der Waals surface area contributed by atoms with Gasteiger partial charge in [-0.15, -0.1) is 0 Å². The highest BCUT2D eigenvalue weighted by Crippen LogP contribution is 2.31. The second-order valence-corrected chi connectivity index (χ2v) is 10.4. The number of rotatable bonds is 5. The Balaban J connectivity index is 1.38. The zero-order valence-electron chi connectivity index (χ0n) is 18.5. The van der Waals surface area contributed by atoms with Gasteiger partial charge in [-0.3, -0.25) is 9.59 Å². The van der Waals surface area contributed by atoms with Crippen molar-refractivity contribution in [3.63, 3.8) is 0 Å². The second kappa shape index (κ2) is 9.07. The average Bonchev–Trinajstić information content (AvgIpc) is 3.21. The van der Waals surface area contributed by atoms with Gasteiger partial charge in [0, 0.05) is 38.2 Å². The van der Waals surface area contributed by atoms with Crippen LogP contribution in [0.3, 0.4) is 0 Å². The molecule has 2 aliphatic rings. The molecule has 1 fully saturated rings. The molecule has 0 saturated carbocycles. The minimum Gasteiger partial charge on any atom is -0.465 e. The van der Waals surface area contributed by atoms with E-state index in [0.29, 0.717) is 44.8 Å². The third kappa shape index (κ3) is 4.59. The van der Waals surface area contributed by atoms with Crippen LogP contribution >= 0.6 is 0 Å². The van der Waals surface area contributed by atoms with E-state index in [2.05, 4.69) is 5.32 Å². The molecule has 0 unspecified atom stereocenters. The summed E-state index contributed by atoms with van der Waals surface area (Å²) in [6.07, 6.45) is 2.52. The number of aryl methyl sites for hydroxylation is 2. The zero-order chi connectivity index (χ0) is 22.9. The molecule has 1 aromatic carbocycles. The lowest BCUT2D eigenvalue weighted by atomic mass is 9.97. The Morgan fingerprint density at radius 1 is 1.12 bits per heavy atom. The fourth-order valence-electron chi connectivity index (χ4n) is 4.47. The Morgan fingerprint density at radius 3 is 2.53 bits per heavy atom. The van der Waals surface area contributed by atoms with Crippen molar-refractivity contribution in [2.75, 3.05) is 24.5 Å². The number of sulfonamides is 1. The SMILES string of the molecule is CC(=O)N1CCCc2cc(S(=O)(=O)N3CCC(C(=O)NCc4ccc(C)o4)CC3)ccc21. The van der Waals surface area contributed by atoms with Gasteiger partial charge in [0.05, 0.1) is 11.4 Å². The van der Waals surface area contributed by atoms with E-state index < -0.39 is 10.0 Å². The third-order valence-corrected chi connectivity index (χ3v) is 8.14. The topological polar surface area (TPSA) is 99.9 Å². The number of furan rings is 1. The monoisotopic (exact) mass is 459 g/mol. The van der Waals surface area contributed by atoms with Gasteiger partial charge < -0.3 is 14.6 Å². The first-order chi connectivity index (χ1) is 15.3. The molecule has 1 aromatic heterocycles. The standard InChI is InChI=1S/C23H29N3O5S/c1-16-5-6-20(31-16)15-24-23(28)18-9-12-25(13-10-18)32(29,30)21-7-8-22-19(14-21)4-3-11-26(22)17(2)27/h5-8,14,18H,3-4,9-13,15H2,1-2H3,(H,24,28). The summed E-state index contributed by atoms with van der Waals surface area (Å²) in [4.78, 5) is 26.3. The number of hydrogen-bond donors (Lipinski definition) is 1. The molecule has 1 saturated heterocycles. The molecular weight excluding hydrogens is 430 g/mol. The summed E-state index contributed by atoms with van der Waals surface area (Å²) in [6, 6.07) is 8.70. The first-order valence-electron chi connectivity index (χ1n) is 11.0. The smallest absolute Gasteiger partial charge is 0.243 e. The van der Waals surface area contributed by atoms with Crippen molar-refractivity contribution in [1.29, 1.82) is 0 Å². The van der Waals surface area contributed by atoms with Crippen molar-refractivity contribution < 1.29 is 22.4 Å². The predicted molar refractivity (Wildman–Crippen MR) is 120 cm³/mol. The molecule has 2 aromatic rings. The van der Waals surface area contributed by atoms with Crippen molar-refractivity contribution in [3.8, 4) is 0 Å². The molecule has 0 atom stereocenters. The van der Waals surface area contributed by atoms with Gasteiger partial charge in [0.2, 0.25) is 21.8 Å². The van der Waals surface area contributed by atoms with Crippen molar-refractivity contribution in [1.82, 2.24) is 9.62 Å². The number of carbonyl (C=O) groups excluding carboxylic acids is 2. The molecule has 0 spiro atoms. The Bertz CT molecular complexity index is 1120. The van der Waals surface area contributed by atoms with E-state index >= 15 is 0 Å². The first-order valence-corrected chi connectivity index (χ1v) is 12.4. The van der Waals surface area contributed by atoms with Crippen LogP contribution in [0.4, 0.5) is 5.69 Å². The third-order valence-electron chi connectivity index (χ3n) is 6.25. The van der Waals surface area contributed by atoms with Crippen LogP contribution in [0.5, 0.6) is 0 Å². The molecule has 172 valence electrons. The predicted octanol–water partition coefficient (Wildman–Crippen LogP) is 2.60. The normalized spacial score (nSPS) is 17.8. The van der Waals surface area contributed by atoms with Gasteiger partial charge in [0.25, 0.3) is 0 Å². The summed E-state index contributed by atoms with van der Waals surface area (Å²) < 4.78 is 33.3.